The lowest BCUT2D eigenvalue weighted by molar-refractivity contribution is 0.415. The van der Waals surface area contributed by atoms with Crippen LogP contribution in [0, 0.1) is 0 Å². The van der Waals surface area contributed by atoms with Gasteiger partial charge in [-0.2, -0.15) is 0 Å². The number of fused-ring (bicyclic) bond motifs is 1. The number of hydrogen-bond acceptors (Lipinski definition) is 4. The number of hydrogen-bond donors (Lipinski definition) is 1. The first-order valence-electron chi connectivity index (χ1n) is 6.16. The number of benzene rings is 1. The quantitative estimate of drug-likeness (QED) is 0.923. The number of aromatic nitrogens is 1. The Kier molecular flexibility index (Phi) is 3.06. The van der Waals surface area contributed by atoms with E-state index in [9.17, 15) is 0 Å². The minimum absolute atomic E-state index is 0.461. The molecule has 2 aromatic rings. The highest BCUT2D eigenvalue weighted by atomic mass is 32.1. The highest BCUT2D eigenvalue weighted by Gasteiger charge is 2.26. The van der Waals surface area contributed by atoms with E-state index in [0.717, 1.165) is 29.2 Å². The van der Waals surface area contributed by atoms with Crippen LogP contribution >= 0.6 is 11.3 Å². The maximum atomic E-state index is 5.78. The van der Waals surface area contributed by atoms with Crippen molar-refractivity contribution in [2.24, 2.45) is 5.73 Å². The molecule has 2 N–H and O–H groups in total. The lowest BCUT2D eigenvalue weighted by Gasteiger charge is -2.04. The molecule has 1 aromatic heterocycles. The molecule has 1 aromatic carbocycles. The van der Waals surface area contributed by atoms with Crippen LogP contribution in [-0.4, -0.2) is 18.6 Å². The zero-order chi connectivity index (χ0) is 12.5. The predicted octanol–water partition coefficient (Wildman–Crippen LogP) is 2.81. The van der Waals surface area contributed by atoms with Gasteiger partial charge in [-0.05, 0) is 37.1 Å². The number of rotatable bonds is 3. The van der Waals surface area contributed by atoms with Crippen LogP contribution in [0.5, 0.6) is 5.75 Å². The molecule has 3 nitrogen and oxygen atoms in total. The Hall–Kier alpha value is -1.39. The smallest absolute Gasteiger partial charge is 0.123 e. The third-order valence-corrected chi connectivity index (χ3v) is 4.64. The van der Waals surface area contributed by atoms with Gasteiger partial charge in [-0.25, -0.2) is 4.98 Å². The molecule has 18 heavy (non-hydrogen) atoms. The normalized spacial score (nSPS) is 17.8. The van der Waals surface area contributed by atoms with Gasteiger partial charge < -0.3 is 10.5 Å². The molecule has 1 aliphatic rings. The van der Waals surface area contributed by atoms with Gasteiger partial charge in [0.2, 0.25) is 0 Å². The second-order valence-corrected chi connectivity index (χ2v) is 5.61. The van der Waals surface area contributed by atoms with E-state index in [2.05, 4.69) is 12.1 Å². The molecule has 1 aliphatic carbocycles. The van der Waals surface area contributed by atoms with Crippen molar-refractivity contribution in [2.75, 3.05) is 13.7 Å². The van der Waals surface area contributed by atoms with Gasteiger partial charge in [-0.3, -0.25) is 0 Å². The average molecular weight is 260 g/mol. The molecule has 1 atom stereocenters. The zero-order valence-corrected chi connectivity index (χ0v) is 11.2. The first-order chi connectivity index (χ1) is 8.81. The highest BCUT2D eigenvalue weighted by Crippen LogP contribution is 2.39. The molecule has 1 unspecified atom stereocenters. The van der Waals surface area contributed by atoms with Crippen LogP contribution in [0.15, 0.2) is 24.3 Å². The van der Waals surface area contributed by atoms with Crippen molar-refractivity contribution in [1.29, 1.82) is 0 Å². The first kappa shape index (κ1) is 11.7. The Morgan fingerprint density at radius 2 is 2.17 bits per heavy atom. The summed E-state index contributed by atoms with van der Waals surface area (Å²) in [7, 11) is 1.68. The summed E-state index contributed by atoms with van der Waals surface area (Å²) in [5, 5.41) is 1.10. The van der Waals surface area contributed by atoms with Crippen molar-refractivity contribution in [1.82, 2.24) is 4.98 Å². The van der Waals surface area contributed by atoms with Crippen LogP contribution in [0.4, 0.5) is 0 Å². The summed E-state index contributed by atoms with van der Waals surface area (Å²) in [5.41, 5.74) is 8.17. The molecular weight excluding hydrogens is 244 g/mol. The molecule has 0 saturated heterocycles. The van der Waals surface area contributed by atoms with Crippen molar-refractivity contribution < 1.29 is 4.74 Å². The lowest BCUT2D eigenvalue weighted by atomic mass is 10.1. The van der Waals surface area contributed by atoms with Gasteiger partial charge in [0.25, 0.3) is 0 Å². The standard InChI is InChI=1S/C14H16N2OS/c1-17-11-5-2-9(3-6-11)14-16-13-10(8-15)4-7-12(13)18-14/h2-3,5-6,10H,4,7-8,15H2,1H3. The number of nitrogens with zero attached hydrogens (tertiary/aromatic N) is 1. The van der Waals surface area contributed by atoms with E-state index < -0.39 is 0 Å². The Morgan fingerprint density at radius 3 is 2.83 bits per heavy atom. The summed E-state index contributed by atoms with van der Waals surface area (Å²) >= 11 is 1.80. The van der Waals surface area contributed by atoms with E-state index in [4.69, 9.17) is 15.5 Å². The fourth-order valence-corrected chi connectivity index (χ4v) is 3.56. The molecule has 0 bridgehead atoms. The van der Waals surface area contributed by atoms with Gasteiger partial charge in [0, 0.05) is 22.9 Å². The Balaban J connectivity index is 1.93. The fraction of sp³-hybridized carbons (Fsp3) is 0.357. The predicted molar refractivity (Wildman–Crippen MR) is 74.2 cm³/mol. The number of nitrogens with two attached hydrogens (primary N) is 1. The van der Waals surface area contributed by atoms with E-state index in [1.807, 2.05) is 12.1 Å². The molecule has 0 fully saturated rings. The van der Waals surface area contributed by atoms with Crippen LogP contribution in [0.2, 0.25) is 0 Å². The molecule has 0 amide bonds. The summed E-state index contributed by atoms with van der Waals surface area (Å²) < 4.78 is 5.17. The van der Waals surface area contributed by atoms with E-state index in [1.54, 1.807) is 18.4 Å². The molecule has 0 aliphatic heterocycles. The van der Waals surface area contributed by atoms with E-state index in [1.165, 1.54) is 10.6 Å². The van der Waals surface area contributed by atoms with Crippen molar-refractivity contribution in [3.05, 3.63) is 34.8 Å². The first-order valence-corrected chi connectivity index (χ1v) is 6.97. The van der Waals surface area contributed by atoms with E-state index in [-0.39, 0.29) is 0 Å². The number of methoxy groups -OCH3 is 1. The van der Waals surface area contributed by atoms with E-state index >= 15 is 0 Å². The molecule has 3 rings (SSSR count). The summed E-state index contributed by atoms with van der Waals surface area (Å²) in [6.45, 7) is 0.707. The van der Waals surface area contributed by atoms with Gasteiger partial charge in [0.05, 0.1) is 12.8 Å². The van der Waals surface area contributed by atoms with Crippen LogP contribution in [-0.2, 0) is 6.42 Å². The maximum absolute atomic E-state index is 5.78. The topological polar surface area (TPSA) is 48.1 Å². The second-order valence-electron chi connectivity index (χ2n) is 4.53. The molecule has 0 radical (unpaired) electrons. The van der Waals surface area contributed by atoms with Gasteiger partial charge in [0.15, 0.2) is 0 Å². The van der Waals surface area contributed by atoms with Gasteiger partial charge >= 0.3 is 0 Å². The third-order valence-electron chi connectivity index (χ3n) is 3.46. The Bertz CT molecular complexity index is 547. The van der Waals surface area contributed by atoms with E-state index in [0.29, 0.717) is 12.5 Å². The highest BCUT2D eigenvalue weighted by molar-refractivity contribution is 7.15. The maximum Gasteiger partial charge on any atom is 0.123 e. The Labute approximate surface area is 111 Å². The second kappa shape index (κ2) is 4.71. The summed E-state index contributed by atoms with van der Waals surface area (Å²) in [6, 6.07) is 8.07. The van der Waals surface area contributed by atoms with Crippen molar-refractivity contribution in [3.8, 4) is 16.3 Å². The van der Waals surface area contributed by atoms with Crippen LogP contribution in [0.25, 0.3) is 10.6 Å². The van der Waals surface area contributed by atoms with Crippen LogP contribution < -0.4 is 10.5 Å². The number of thiazole rings is 1. The number of aryl methyl sites for hydroxylation is 1. The SMILES string of the molecule is COc1ccc(-c2nc3c(s2)CCC3CN)cc1. The van der Waals surface area contributed by atoms with Gasteiger partial charge in [-0.15, -0.1) is 11.3 Å². The van der Waals surface area contributed by atoms with Crippen LogP contribution in [0.3, 0.4) is 0 Å². The summed E-state index contributed by atoms with van der Waals surface area (Å²) in [5.74, 6) is 1.34. The zero-order valence-electron chi connectivity index (χ0n) is 10.3. The minimum atomic E-state index is 0.461. The van der Waals surface area contributed by atoms with Gasteiger partial charge in [0.1, 0.15) is 10.8 Å². The van der Waals surface area contributed by atoms with Gasteiger partial charge in [-0.1, -0.05) is 0 Å². The third kappa shape index (κ3) is 1.91. The Morgan fingerprint density at radius 1 is 1.39 bits per heavy atom. The minimum Gasteiger partial charge on any atom is -0.497 e. The number of ether oxygens (including phenoxy) is 1. The van der Waals surface area contributed by atoms with Crippen molar-refractivity contribution in [3.63, 3.8) is 0 Å². The lowest BCUT2D eigenvalue weighted by Crippen LogP contribution is -2.09. The summed E-state index contributed by atoms with van der Waals surface area (Å²) in [4.78, 5) is 6.18. The average Bonchev–Trinajstić information content (AvgIpc) is 2.98. The molecule has 4 heteroatoms. The molecule has 94 valence electrons. The molecular formula is C14H16N2OS. The molecule has 0 saturated carbocycles. The summed E-state index contributed by atoms with van der Waals surface area (Å²) in [6.07, 6.45) is 2.29. The molecule has 1 heterocycles. The monoisotopic (exact) mass is 260 g/mol. The van der Waals surface area contributed by atoms with Crippen LogP contribution in [0.1, 0.15) is 22.9 Å². The molecule has 0 spiro atoms. The fourth-order valence-electron chi connectivity index (χ4n) is 2.39. The van der Waals surface area contributed by atoms with Crippen molar-refractivity contribution >= 4 is 11.3 Å². The largest absolute Gasteiger partial charge is 0.497 e. The van der Waals surface area contributed by atoms with Crippen molar-refractivity contribution in [2.45, 2.75) is 18.8 Å².